The number of hydrazone groups is 1. The summed E-state index contributed by atoms with van der Waals surface area (Å²) in [5.74, 6) is 0.397. The summed E-state index contributed by atoms with van der Waals surface area (Å²) in [6.45, 7) is 3.89. The molecule has 1 amide bonds. The van der Waals surface area contributed by atoms with Crippen LogP contribution in [0.4, 0.5) is 0 Å². The Kier molecular flexibility index (Phi) is 5.04. The number of benzene rings is 1. The Morgan fingerprint density at radius 2 is 2.05 bits per heavy atom. The van der Waals surface area contributed by atoms with Gasteiger partial charge in [0.05, 0.1) is 6.21 Å². The summed E-state index contributed by atoms with van der Waals surface area (Å²) in [5.41, 5.74) is 5.44. The van der Waals surface area contributed by atoms with E-state index in [1.54, 1.807) is 30.7 Å². The number of nitrogens with zero attached hydrogens (tertiary/aromatic N) is 2. The first kappa shape index (κ1) is 14.7. The third kappa shape index (κ3) is 4.72. The fourth-order valence-corrected chi connectivity index (χ4v) is 1.77. The third-order valence-electron chi connectivity index (χ3n) is 2.80. The van der Waals surface area contributed by atoms with Crippen LogP contribution >= 0.6 is 0 Å². The number of aromatic nitrogens is 1. The molecule has 0 atom stereocenters. The predicted molar refractivity (Wildman–Crippen MR) is 81.4 cm³/mol. The van der Waals surface area contributed by atoms with Gasteiger partial charge in [0.25, 0.3) is 5.91 Å². The van der Waals surface area contributed by atoms with Crippen LogP contribution in [0.3, 0.4) is 0 Å². The predicted octanol–water partition coefficient (Wildman–Crippen LogP) is 2.23. The van der Waals surface area contributed by atoms with Crippen LogP contribution in [0.15, 0.2) is 47.8 Å². The van der Waals surface area contributed by atoms with Gasteiger partial charge in [-0.25, -0.2) is 5.43 Å². The summed E-state index contributed by atoms with van der Waals surface area (Å²) in [5, 5.41) is 3.86. The van der Waals surface area contributed by atoms with Gasteiger partial charge in [0.2, 0.25) is 0 Å². The van der Waals surface area contributed by atoms with Gasteiger partial charge < -0.3 is 4.74 Å². The molecule has 1 N–H and O–H groups in total. The lowest BCUT2D eigenvalue weighted by Gasteiger charge is -2.08. The highest BCUT2D eigenvalue weighted by molar-refractivity contribution is 5.82. The highest BCUT2D eigenvalue weighted by Crippen LogP contribution is 2.18. The standard InChI is InChI=1S/C16H17N3O2/c1-12-3-4-15(13(2)9-12)21-11-16(20)19-18-10-14-5-7-17-8-6-14/h3-10H,11H2,1-2H3,(H,19,20)/b18-10+. The van der Waals surface area contributed by atoms with Gasteiger partial charge in [0.15, 0.2) is 6.61 Å². The molecule has 0 bridgehead atoms. The molecule has 0 fully saturated rings. The van der Waals surface area contributed by atoms with E-state index in [0.717, 1.165) is 16.7 Å². The zero-order valence-corrected chi connectivity index (χ0v) is 12.0. The zero-order valence-electron chi connectivity index (χ0n) is 12.0. The maximum atomic E-state index is 11.6. The Morgan fingerprint density at radius 1 is 1.29 bits per heavy atom. The lowest BCUT2D eigenvalue weighted by Crippen LogP contribution is -2.24. The number of rotatable bonds is 5. The number of nitrogens with one attached hydrogen (secondary N) is 1. The maximum absolute atomic E-state index is 11.6. The number of carbonyl (C=O) groups excluding carboxylic acids is 1. The van der Waals surface area contributed by atoms with Crippen molar-refractivity contribution in [2.24, 2.45) is 5.10 Å². The van der Waals surface area contributed by atoms with E-state index in [9.17, 15) is 4.79 Å². The Balaban J connectivity index is 1.81. The lowest BCUT2D eigenvalue weighted by molar-refractivity contribution is -0.123. The molecular weight excluding hydrogens is 266 g/mol. The molecule has 5 heteroatoms. The Bertz CT molecular complexity index is 639. The topological polar surface area (TPSA) is 63.6 Å². The first-order valence-corrected chi connectivity index (χ1v) is 6.57. The van der Waals surface area contributed by atoms with Gasteiger partial charge in [-0.3, -0.25) is 9.78 Å². The first-order chi connectivity index (χ1) is 10.1. The second-order valence-corrected chi connectivity index (χ2v) is 4.63. The molecule has 0 unspecified atom stereocenters. The van der Waals surface area contributed by atoms with Crippen LogP contribution in [0, 0.1) is 13.8 Å². The molecule has 0 saturated heterocycles. The highest BCUT2D eigenvalue weighted by Gasteiger charge is 2.03. The quantitative estimate of drug-likeness (QED) is 0.676. The van der Waals surface area contributed by atoms with Crippen molar-refractivity contribution in [2.45, 2.75) is 13.8 Å². The van der Waals surface area contributed by atoms with Gasteiger partial charge in [0.1, 0.15) is 5.75 Å². The molecule has 1 aromatic carbocycles. The molecule has 0 aliphatic heterocycles. The van der Waals surface area contributed by atoms with Crippen LogP contribution in [0.5, 0.6) is 5.75 Å². The SMILES string of the molecule is Cc1ccc(OCC(=O)N/N=C/c2ccncc2)c(C)c1. The van der Waals surface area contributed by atoms with E-state index in [1.807, 2.05) is 32.0 Å². The molecule has 0 radical (unpaired) electrons. The number of carbonyl (C=O) groups is 1. The summed E-state index contributed by atoms with van der Waals surface area (Å²) < 4.78 is 5.46. The Labute approximate surface area is 123 Å². The van der Waals surface area contributed by atoms with Crippen molar-refractivity contribution in [1.82, 2.24) is 10.4 Å². The van der Waals surface area contributed by atoms with E-state index in [4.69, 9.17) is 4.74 Å². The molecule has 1 aromatic heterocycles. The second kappa shape index (κ2) is 7.19. The molecular formula is C16H17N3O2. The van der Waals surface area contributed by atoms with E-state index < -0.39 is 0 Å². The largest absolute Gasteiger partial charge is 0.483 e. The van der Waals surface area contributed by atoms with Crippen LogP contribution in [0.25, 0.3) is 0 Å². The lowest BCUT2D eigenvalue weighted by atomic mass is 10.1. The number of amides is 1. The van der Waals surface area contributed by atoms with Gasteiger partial charge in [0, 0.05) is 12.4 Å². The monoisotopic (exact) mass is 283 g/mol. The average Bonchev–Trinajstić information content (AvgIpc) is 2.47. The van der Waals surface area contributed by atoms with Crippen LogP contribution < -0.4 is 10.2 Å². The van der Waals surface area contributed by atoms with Gasteiger partial charge in [-0.05, 0) is 43.2 Å². The van der Waals surface area contributed by atoms with Crippen molar-refractivity contribution in [2.75, 3.05) is 6.61 Å². The molecule has 0 aliphatic carbocycles. The summed E-state index contributed by atoms with van der Waals surface area (Å²) in [7, 11) is 0. The molecule has 2 aromatic rings. The summed E-state index contributed by atoms with van der Waals surface area (Å²) in [6.07, 6.45) is 4.87. The van der Waals surface area contributed by atoms with Gasteiger partial charge in [-0.1, -0.05) is 17.7 Å². The summed E-state index contributed by atoms with van der Waals surface area (Å²) in [4.78, 5) is 15.5. The molecule has 21 heavy (non-hydrogen) atoms. The van der Waals surface area contributed by atoms with Gasteiger partial charge in [-0.15, -0.1) is 0 Å². The van der Waals surface area contributed by atoms with E-state index in [0.29, 0.717) is 5.75 Å². The van der Waals surface area contributed by atoms with Crippen molar-refractivity contribution < 1.29 is 9.53 Å². The minimum Gasteiger partial charge on any atom is -0.483 e. The van der Waals surface area contributed by atoms with Crippen molar-refractivity contribution in [3.05, 3.63) is 59.4 Å². The first-order valence-electron chi connectivity index (χ1n) is 6.57. The van der Waals surface area contributed by atoms with Gasteiger partial charge >= 0.3 is 0 Å². The number of pyridine rings is 1. The number of hydrogen-bond acceptors (Lipinski definition) is 4. The number of hydrogen-bond donors (Lipinski definition) is 1. The van der Waals surface area contributed by atoms with Crippen LogP contribution in [-0.4, -0.2) is 23.7 Å². The van der Waals surface area contributed by atoms with Crippen molar-refractivity contribution in [3.63, 3.8) is 0 Å². The fourth-order valence-electron chi connectivity index (χ4n) is 1.77. The van der Waals surface area contributed by atoms with Crippen LogP contribution in [0.1, 0.15) is 16.7 Å². The molecule has 0 aliphatic rings. The molecule has 108 valence electrons. The minimum atomic E-state index is -0.305. The highest BCUT2D eigenvalue weighted by atomic mass is 16.5. The van der Waals surface area contributed by atoms with E-state index >= 15 is 0 Å². The van der Waals surface area contributed by atoms with Crippen molar-refractivity contribution in [3.8, 4) is 5.75 Å². The van der Waals surface area contributed by atoms with Crippen molar-refractivity contribution in [1.29, 1.82) is 0 Å². The second-order valence-electron chi connectivity index (χ2n) is 4.63. The van der Waals surface area contributed by atoms with E-state index in [2.05, 4.69) is 15.5 Å². The summed E-state index contributed by atoms with van der Waals surface area (Å²) >= 11 is 0. The Hall–Kier alpha value is -2.69. The van der Waals surface area contributed by atoms with Crippen molar-refractivity contribution >= 4 is 12.1 Å². The zero-order chi connectivity index (χ0) is 15.1. The Morgan fingerprint density at radius 3 is 2.76 bits per heavy atom. The average molecular weight is 283 g/mol. The molecule has 0 saturated carbocycles. The maximum Gasteiger partial charge on any atom is 0.277 e. The molecule has 2 rings (SSSR count). The normalized spacial score (nSPS) is 10.6. The fraction of sp³-hybridized carbons (Fsp3) is 0.188. The number of aryl methyl sites for hydroxylation is 2. The smallest absolute Gasteiger partial charge is 0.277 e. The third-order valence-corrected chi connectivity index (χ3v) is 2.80. The van der Waals surface area contributed by atoms with Gasteiger partial charge in [-0.2, -0.15) is 5.10 Å². The summed E-state index contributed by atoms with van der Waals surface area (Å²) in [6, 6.07) is 9.40. The molecule has 0 spiro atoms. The van der Waals surface area contributed by atoms with E-state index in [1.165, 1.54) is 0 Å². The minimum absolute atomic E-state index is 0.0718. The molecule has 5 nitrogen and oxygen atoms in total. The number of ether oxygens (including phenoxy) is 1. The van der Waals surface area contributed by atoms with E-state index in [-0.39, 0.29) is 12.5 Å². The molecule has 1 heterocycles. The van der Waals surface area contributed by atoms with Crippen LogP contribution in [-0.2, 0) is 4.79 Å². The van der Waals surface area contributed by atoms with Crippen LogP contribution in [0.2, 0.25) is 0 Å².